The Morgan fingerprint density at radius 2 is 1.83 bits per heavy atom. The molecule has 5 nitrogen and oxygen atoms in total. The van der Waals surface area contributed by atoms with Crippen LogP contribution in [-0.2, 0) is 14.4 Å². The van der Waals surface area contributed by atoms with Crippen LogP contribution in [0.3, 0.4) is 0 Å². The van der Waals surface area contributed by atoms with Crippen molar-refractivity contribution < 1.29 is 18.8 Å². The normalized spacial score (nSPS) is 23.8. The van der Waals surface area contributed by atoms with E-state index >= 15 is 0 Å². The second kappa shape index (κ2) is 6.28. The van der Waals surface area contributed by atoms with E-state index in [1.807, 2.05) is 0 Å². The maximum Gasteiger partial charge on any atom is 0.244 e. The zero-order chi connectivity index (χ0) is 16.6. The smallest absolute Gasteiger partial charge is 0.244 e. The number of halogens is 2. The first-order valence-corrected chi connectivity index (χ1v) is 7.95. The Labute approximate surface area is 137 Å². The lowest BCUT2D eigenvalue weighted by molar-refractivity contribution is -0.142. The molecule has 7 heteroatoms. The third kappa shape index (κ3) is 3.08. The largest absolute Gasteiger partial charge is 0.322 e. The van der Waals surface area contributed by atoms with Crippen molar-refractivity contribution in [3.8, 4) is 0 Å². The molecule has 0 aromatic heterocycles. The molecule has 1 aliphatic heterocycles. The van der Waals surface area contributed by atoms with Crippen LogP contribution in [0.4, 0.5) is 10.1 Å². The fourth-order valence-corrected chi connectivity index (χ4v) is 3.47. The van der Waals surface area contributed by atoms with Crippen molar-refractivity contribution in [2.75, 3.05) is 11.9 Å². The first-order chi connectivity index (χ1) is 11.0. The second-order valence-electron chi connectivity index (χ2n) is 5.93. The molecule has 23 heavy (non-hydrogen) atoms. The van der Waals surface area contributed by atoms with Gasteiger partial charge in [-0.15, -0.1) is 0 Å². The average molecular weight is 339 g/mol. The summed E-state index contributed by atoms with van der Waals surface area (Å²) < 4.78 is 13.7. The van der Waals surface area contributed by atoms with Gasteiger partial charge in [-0.3, -0.25) is 19.3 Å². The van der Waals surface area contributed by atoms with Gasteiger partial charge in [-0.1, -0.05) is 24.4 Å². The molecule has 3 amide bonds. The molecule has 1 saturated heterocycles. The number of hydrogen-bond donors (Lipinski definition) is 1. The van der Waals surface area contributed by atoms with Crippen molar-refractivity contribution in [3.63, 3.8) is 0 Å². The van der Waals surface area contributed by atoms with Crippen LogP contribution in [0.2, 0.25) is 5.02 Å². The molecular weight excluding hydrogens is 323 g/mol. The van der Waals surface area contributed by atoms with E-state index in [-0.39, 0.29) is 40.9 Å². The lowest BCUT2D eigenvalue weighted by atomic mass is 9.81. The molecule has 0 radical (unpaired) electrons. The van der Waals surface area contributed by atoms with Gasteiger partial charge >= 0.3 is 0 Å². The van der Waals surface area contributed by atoms with Gasteiger partial charge in [0.05, 0.1) is 17.5 Å². The Morgan fingerprint density at radius 1 is 1.22 bits per heavy atom. The van der Waals surface area contributed by atoms with E-state index in [0.717, 1.165) is 23.8 Å². The standard InChI is InChI=1S/C16H16ClFN2O3/c17-9-5-6-13(12(18)7-9)19-14(21)8-20-15(22)10-3-1-2-4-11(10)16(20)23/h5-7,10-11H,1-4,8H2,(H,19,21)/t10-,11-/m0/s1. The van der Waals surface area contributed by atoms with Crippen LogP contribution < -0.4 is 5.32 Å². The van der Waals surface area contributed by atoms with Crippen LogP contribution in [-0.4, -0.2) is 29.2 Å². The monoisotopic (exact) mass is 338 g/mol. The van der Waals surface area contributed by atoms with Crippen molar-refractivity contribution in [2.45, 2.75) is 25.7 Å². The summed E-state index contributed by atoms with van der Waals surface area (Å²) in [7, 11) is 0. The number of anilines is 1. The van der Waals surface area contributed by atoms with Gasteiger partial charge in [-0.25, -0.2) is 4.39 Å². The van der Waals surface area contributed by atoms with Gasteiger partial charge in [0.25, 0.3) is 0 Å². The van der Waals surface area contributed by atoms with E-state index in [4.69, 9.17) is 11.6 Å². The van der Waals surface area contributed by atoms with Crippen LogP contribution in [0.5, 0.6) is 0 Å². The van der Waals surface area contributed by atoms with Crippen molar-refractivity contribution in [3.05, 3.63) is 29.0 Å². The fraction of sp³-hybridized carbons (Fsp3) is 0.438. The third-order valence-electron chi connectivity index (χ3n) is 4.44. The predicted octanol–water partition coefficient (Wildman–Crippen LogP) is 2.59. The molecule has 2 aliphatic rings. The Morgan fingerprint density at radius 3 is 2.39 bits per heavy atom. The Bertz CT molecular complexity index is 655. The minimum atomic E-state index is -0.668. The lowest BCUT2D eigenvalue weighted by Gasteiger charge is -2.19. The molecule has 2 fully saturated rings. The van der Waals surface area contributed by atoms with Gasteiger partial charge in [0.2, 0.25) is 17.7 Å². The van der Waals surface area contributed by atoms with E-state index in [1.165, 1.54) is 12.1 Å². The molecule has 1 aromatic rings. The highest BCUT2D eigenvalue weighted by Crippen LogP contribution is 2.37. The summed E-state index contributed by atoms with van der Waals surface area (Å²) in [5, 5.41) is 2.59. The summed E-state index contributed by atoms with van der Waals surface area (Å²) in [4.78, 5) is 37.6. The third-order valence-corrected chi connectivity index (χ3v) is 4.67. The molecule has 0 spiro atoms. The number of hydrogen-bond acceptors (Lipinski definition) is 3. The van der Waals surface area contributed by atoms with Crippen molar-refractivity contribution in [2.24, 2.45) is 11.8 Å². The quantitative estimate of drug-likeness (QED) is 0.861. The highest BCUT2D eigenvalue weighted by molar-refractivity contribution is 6.30. The average Bonchev–Trinajstić information content (AvgIpc) is 2.76. The van der Waals surface area contributed by atoms with E-state index in [1.54, 1.807) is 0 Å². The highest BCUT2D eigenvalue weighted by atomic mass is 35.5. The fourth-order valence-electron chi connectivity index (χ4n) is 3.31. The first-order valence-electron chi connectivity index (χ1n) is 7.57. The van der Waals surface area contributed by atoms with Crippen LogP contribution in [0.1, 0.15) is 25.7 Å². The van der Waals surface area contributed by atoms with Gasteiger partial charge in [0.1, 0.15) is 12.4 Å². The Kier molecular flexibility index (Phi) is 4.35. The number of carbonyl (C=O) groups is 3. The number of carbonyl (C=O) groups excluding carboxylic acids is 3. The summed E-state index contributed by atoms with van der Waals surface area (Å²) in [6.45, 7) is -0.382. The Balaban J connectivity index is 1.68. The van der Waals surface area contributed by atoms with Gasteiger partial charge in [0.15, 0.2) is 0 Å². The number of amides is 3. The zero-order valence-corrected chi connectivity index (χ0v) is 13.1. The number of benzene rings is 1. The number of nitrogens with zero attached hydrogens (tertiary/aromatic N) is 1. The van der Waals surface area contributed by atoms with Gasteiger partial charge < -0.3 is 5.32 Å². The number of likely N-dealkylation sites (tertiary alicyclic amines) is 1. The second-order valence-corrected chi connectivity index (χ2v) is 6.37. The number of imide groups is 1. The van der Waals surface area contributed by atoms with Crippen molar-refractivity contribution in [1.82, 2.24) is 4.90 Å². The maximum atomic E-state index is 13.7. The lowest BCUT2D eigenvalue weighted by Crippen LogP contribution is -2.38. The summed E-state index contributed by atoms with van der Waals surface area (Å²) in [5.74, 6) is -2.43. The molecule has 1 heterocycles. The van der Waals surface area contributed by atoms with Crippen LogP contribution in [0.15, 0.2) is 18.2 Å². The number of nitrogens with one attached hydrogen (secondary N) is 1. The summed E-state index contributed by atoms with van der Waals surface area (Å²) in [6, 6.07) is 3.86. The predicted molar refractivity (Wildman–Crippen MR) is 82.2 cm³/mol. The molecule has 122 valence electrons. The number of fused-ring (bicyclic) bond motifs is 1. The van der Waals surface area contributed by atoms with Crippen LogP contribution in [0, 0.1) is 17.7 Å². The van der Waals surface area contributed by atoms with Crippen LogP contribution in [0.25, 0.3) is 0 Å². The van der Waals surface area contributed by atoms with Gasteiger partial charge in [0, 0.05) is 5.02 Å². The molecule has 1 aliphatic carbocycles. The molecule has 3 rings (SSSR count). The molecule has 1 N–H and O–H groups in total. The van der Waals surface area contributed by atoms with E-state index in [0.29, 0.717) is 12.8 Å². The van der Waals surface area contributed by atoms with E-state index in [2.05, 4.69) is 5.32 Å². The molecule has 0 bridgehead atoms. The van der Waals surface area contributed by atoms with E-state index in [9.17, 15) is 18.8 Å². The molecule has 1 saturated carbocycles. The minimum Gasteiger partial charge on any atom is -0.322 e. The van der Waals surface area contributed by atoms with Crippen molar-refractivity contribution >= 4 is 35.0 Å². The topological polar surface area (TPSA) is 66.5 Å². The number of rotatable bonds is 3. The van der Waals surface area contributed by atoms with Crippen molar-refractivity contribution in [1.29, 1.82) is 0 Å². The summed E-state index contributed by atoms with van der Waals surface area (Å²) in [6.07, 6.45) is 3.24. The van der Waals surface area contributed by atoms with Gasteiger partial charge in [-0.2, -0.15) is 0 Å². The minimum absolute atomic E-state index is 0.0316. The first kappa shape index (κ1) is 15.9. The zero-order valence-electron chi connectivity index (χ0n) is 12.4. The molecule has 1 aromatic carbocycles. The highest BCUT2D eigenvalue weighted by Gasteiger charge is 2.48. The molecule has 0 unspecified atom stereocenters. The van der Waals surface area contributed by atoms with Crippen LogP contribution >= 0.6 is 11.6 Å². The Hall–Kier alpha value is -1.95. The summed E-state index contributed by atoms with van der Waals surface area (Å²) >= 11 is 5.65. The maximum absolute atomic E-state index is 13.7. The van der Waals surface area contributed by atoms with Gasteiger partial charge in [-0.05, 0) is 31.0 Å². The molecule has 2 atom stereocenters. The SMILES string of the molecule is O=C(CN1C(=O)[C@H]2CCCC[C@@H]2C1=O)Nc1ccc(Cl)cc1F. The van der Waals surface area contributed by atoms with E-state index < -0.39 is 11.7 Å². The summed E-state index contributed by atoms with van der Waals surface area (Å²) in [5.41, 5.74) is -0.0316. The molecular formula is C16H16ClFN2O3.